The molecule has 0 aromatic rings. The van der Waals surface area contributed by atoms with Crippen molar-refractivity contribution in [3.63, 3.8) is 0 Å². The molecule has 1 aliphatic rings. The van der Waals surface area contributed by atoms with Crippen molar-refractivity contribution in [1.29, 1.82) is 0 Å². The first-order valence-corrected chi connectivity index (χ1v) is 7.21. The topological polar surface area (TPSA) is 32.5 Å². The molecule has 0 aliphatic carbocycles. The van der Waals surface area contributed by atoms with Crippen LogP contribution in [-0.2, 0) is 0 Å². The summed E-state index contributed by atoms with van der Waals surface area (Å²) in [5.41, 5.74) is 5.85. The van der Waals surface area contributed by atoms with Crippen molar-refractivity contribution in [2.45, 2.75) is 39.7 Å². The maximum absolute atomic E-state index is 5.85. The SMILES string of the molecule is CCN1CCCC1CN(C)CC(CN)C(C)C. The van der Waals surface area contributed by atoms with E-state index in [4.69, 9.17) is 5.73 Å². The van der Waals surface area contributed by atoms with Crippen LogP contribution in [0.4, 0.5) is 0 Å². The molecule has 0 bridgehead atoms. The monoisotopic (exact) mass is 241 g/mol. The molecule has 0 saturated carbocycles. The van der Waals surface area contributed by atoms with Crippen molar-refractivity contribution < 1.29 is 0 Å². The van der Waals surface area contributed by atoms with Gasteiger partial charge in [0.2, 0.25) is 0 Å². The maximum Gasteiger partial charge on any atom is 0.0223 e. The summed E-state index contributed by atoms with van der Waals surface area (Å²) in [6.07, 6.45) is 2.74. The quantitative estimate of drug-likeness (QED) is 0.735. The molecule has 0 spiro atoms. The van der Waals surface area contributed by atoms with Gasteiger partial charge in [0.15, 0.2) is 0 Å². The third-order valence-corrected chi connectivity index (χ3v) is 4.22. The summed E-state index contributed by atoms with van der Waals surface area (Å²) in [5.74, 6) is 1.32. The van der Waals surface area contributed by atoms with Gasteiger partial charge in [-0.25, -0.2) is 0 Å². The second kappa shape index (κ2) is 7.34. The molecule has 0 aromatic carbocycles. The number of likely N-dealkylation sites (tertiary alicyclic amines) is 1. The zero-order valence-electron chi connectivity index (χ0n) is 12.2. The molecule has 0 amide bonds. The van der Waals surface area contributed by atoms with Crippen molar-refractivity contribution in [3.05, 3.63) is 0 Å². The lowest BCUT2D eigenvalue weighted by Gasteiger charge is -2.31. The van der Waals surface area contributed by atoms with Crippen LogP contribution in [0.5, 0.6) is 0 Å². The van der Waals surface area contributed by atoms with Crippen LogP contribution in [0.1, 0.15) is 33.6 Å². The molecule has 1 aliphatic heterocycles. The van der Waals surface area contributed by atoms with Crippen LogP contribution in [0, 0.1) is 11.8 Å². The highest BCUT2D eigenvalue weighted by atomic mass is 15.2. The second-order valence-corrected chi connectivity index (χ2v) is 5.89. The number of hydrogen-bond donors (Lipinski definition) is 1. The van der Waals surface area contributed by atoms with Gasteiger partial charge in [0.1, 0.15) is 0 Å². The van der Waals surface area contributed by atoms with Crippen LogP contribution in [0.2, 0.25) is 0 Å². The van der Waals surface area contributed by atoms with Crippen molar-refractivity contribution >= 4 is 0 Å². The summed E-state index contributed by atoms with van der Waals surface area (Å²) in [5, 5.41) is 0. The fraction of sp³-hybridized carbons (Fsp3) is 1.00. The van der Waals surface area contributed by atoms with Crippen LogP contribution in [0.25, 0.3) is 0 Å². The van der Waals surface area contributed by atoms with Gasteiger partial charge >= 0.3 is 0 Å². The first kappa shape index (κ1) is 14.9. The first-order chi connectivity index (χ1) is 8.08. The van der Waals surface area contributed by atoms with E-state index in [9.17, 15) is 0 Å². The molecule has 17 heavy (non-hydrogen) atoms. The van der Waals surface area contributed by atoms with Gasteiger partial charge in [-0.3, -0.25) is 4.90 Å². The minimum Gasteiger partial charge on any atom is -0.330 e. The molecule has 102 valence electrons. The van der Waals surface area contributed by atoms with Gasteiger partial charge in [-0.2, -0.15) is 0 Å². The van der Waals surface area contributed by atoms with Gasteiger partial charge < -0.3 is 10.6 Å². The molecular weight excluding hydrogens is 210 g/mol. The Bertz CT molecular complexity index is 206. The Hall–Kier alpha value is -0.120. The smallest absolute Gasteiger partial charge is 0.0223 e. The molecule has 1 fully saturated rings. The van der Waals surface area contributed by atoms with E-state index in [-0.39, 0.29) is 0 Å². The van der Waals surface area contributed by atoms with E-state index in [0.29, 0.717) is 11.8 Å². The molecule has 0 aromatic heterocycles. The maximum atomic E-state index is 5.85. The normalized spacial score (nSPS) is 23.8. The largest absolute Gasteiger partial charge is 0.330 e. The molecule has 1 saturated heterocycles. The summed E-state index contributed by atoms with van der Waals surface area (Å²) < 4.78 is 0. The molecule has 1 heterocycles. The second-order valence-electron chi connectivity index (χ2n) is 5.89. The minimum absolute atomic E-state index is 0.636. The lowest BCUT2D eigenvalue weighted by molar-refractivity contribution is 0.172. The van der Waals surface area contributed by atoms with Crippen LogP contribution in [0.15, 0.2) is 0 Å². The number of likely N-dealkylation sites (N-methyl/N-ethyl adjacent to an activating group) is 2. The molecule has 1 rings (SSSR count). The average Bonchev–Trinajstić information content (AvgIpc) is 2.72. The van der Waals surface area contributed by atoms with Gasteiger partial charge in [-0.05, 0) is 51.4 Å². The number of hydrogen-bond acceptors (Lipinski definition) is 3. The first-order valence-electron chi connectivity index (χ1n) is 7.21. The van der Waals surface area contributed by atoms with Gasteiger partial charge in [-0.1, -0.05) is 20.8 Å². The van der Waals surface area contributed by atoms with Crippen LogP contribution in [-0.4, -0.2) is 55.6 Å². The van der Waals surface area contributed by atoms with E-state index >= 15 is 0 Å². The predicted molar refractivity (Wildman–Crippen MR) is 75.1 cm³/mol. The van der Waals surface area contributed by atoms with Gasteiger partial charge in [0.25, 0.3) is 0 Å². The Morgan fingerprint density at radius 2 is 2.12 bits per heavy atom. The Morgan fingerprint density at radius 1 is 1.41 bits per heavy atom. The highest BCUT2D eigenvalue weighted by Crippen LogP contribution is 2.18. The van der Waals surface area contributed by atoms with E-state index in [1.54, 1.807) is 0 Å². The Kier molecular flexibility index (Phi) is 6.45. The minimum atomic E-state index is 0.636. The van der Waals surface area contributed by atoms with Crippen molar-refractivity contribution in [2.24, 2.45) is 17.6 Å². The summed E-state index contributed by atoms with van der Waals surface area (Å²) >= 11 is 0. The Labute approximate surface area is 107 Å². The lowest BCUT2D eigenvalue weighted by Crippen LogP contribution is -2.42. The van der Waals surface area contributed by atoms with E-state index in [2.05, 4.69) is 37.6 Å². The fourth-order valence-electron chi connectivity index (χ4n) is 2.91. The van der Waals surface area contributed by atoms with Gasteiger partial charge in [0, 0.05) is 19.1 Å². The highest BCUT2D eigenvalue weighted by Gasteiger charge is 2.24. The summed E-state index contributed by atoms with van der Waals surface area (Å²) in [6.45, 7) is 12.5. The average molecular weight is 241 g/mol. The number of rotatable bonds is 7. The highest BCUT2D eigenvalue weighted by molar-refractivity contribution is 4.81. The third-order valence-electron chi connectivity index (χ3n) is 4.22. The molecule has 2 unspecified atom stereocenters. The van der Waals surface area contributed by atoms with Gasteiger partial charge in [-0.15, -0.1) is 0 Å². The molecule has 2 N–H and O–H groups in total. The molecule has 3 heteroatoms. The van der Waals surface area contributed by atoms with E-state index < -0.39 is 0 Å². The zero-order valence-corrected chi connectivity index (χ0v) is 12.2. The predicted octanol–water partition coefficient (Wildman–Crippen LogP) is 1.63. The van der Waals surface area contributed by atoms with Crippen LogP contribution in [0.3, 0.4) is 0 Å². The Morgan fingerprint density at radius 3 is 2.65 bits per heavy atom. The summed E-state index contributed by atoms with van der Waals surface area (Å²) in [4.78, 5) is 5.10. The van der Waals surface area contributed by atoms with Crippen LogP contribution < -0.4 is 5.73 Å². The molecule has 2 atom stereocenters. The number of nitrogens with two attached hydrogens (primary N) is 1. The fourth-order valence-corrected chi connectivity index (χ4v) is 2.91. The molecule has 0 radical (unpaired) electrons. The summed E-state index contributed by atoms with van der Waals surface area (Å²) in [7, 11) is 2.25. The van der Waals surface area contributed by atoms with Gasteiger partial charge in [0.05, 0.1) is 0 Å². The summed E-state index contributed by atoms with van der Waals surface area (Å²) in [6, 6.07) is 0.774. The van der Waals surface area contributed by atoms with Crippen molar-refractivity contribution in [1.82, 2.24) is 9.80 Å². The standard InChI is InChI=1S/C14H31N3/c1-5-17-8-6-7-14(17)11-16(4)10-13(9-15)12(2)3/h12-14H,5-11,15H2,1-4H3. The van der Waals surface area contributed by atoms with Crippen LogP contribution >= 0.6 is 0 Å². The number of nitrogens with zero attached hydrogens (tertiary/aromatic N) is 2. The zero-order chi connectivity index (χ0) is 12.8. The lowest BCUT2D eigenvalue weighted by atomic mass is 9.95. The molecular formula is C14H31N3. The van der Waals surface area contributed by atoms with E-state index in [0.717, 1.165) is 19.1 Å². The van der Waals surface area contributed by atoms with E-state index in [1.807, 2.05) is 0 Å². The van der Waals surface area contributed by atoms with E-state index in [1.165, 1.54) is 32.5 Å². The third kappa shape index (κ3) is 4.57. The van der Waals surface area contributed by atoms with Crippen molar-refractivity contribution in [2.75, 3.05) is 39.8 Å². The van der Waals surface area contributed by atoms with Crippen molar-refractivity contribution in [3.8, 4) is 0 Å². The molecule has 3 nitrogen and oxygen atoms in total. The Balaban J connectivity index is 2.35.